The first-order valence-corrected chi connectivity index (χ1v) is 8.73. The van der Waals surface area contributed by atoms with Crippen LogP contribution in [0.1, 0.15) is 39.0 Å². The van der Waals surface area contributed by atoms with Gasteiger partial charge in [-0.3, -0.25) is 4.79 Å². The van der Waals surface area contributed by atoms with Gasteiger partial charge in [-0.2, -0.15) is 0 Å². The van der Waals surface area contributed by atoms with Crippen molar-refractivity contribution in [2.45, 2.75) is 19.5 Å². The predicted molar refractivity (Wildman–Crippen MR) is 99.9 cm³/mol. The number of carbonyl (C=O) groups excluding carboxylic acids is 1. The van der Waals surface area contributed by atoms with Crippen molar-refractivity contribution in [1.29, 1.82) is 0 Å². The molecule has 0 bridgehead atoms. The Morgan fingerprint density at radius 1 is 1.00 bits per heavy atom. The van der Waals surface area contributed by atoms with E-state index in [9.17, 15) is 4.79 Å². The number of furan rings is 1. The smallest absolute Gasteiger partial charge is 0.255 e. The van der Waals surface area contributed by atoms with Crippen LogP contribution in [0.3, 0.4) is 0 Å². The number of fused-ring (bicyclic) bond motifs is 2. The molecule has 4 aromatic rings. The van der Waals surface area contributed by atoms with Gasteiger partial charge in [0.05, 0.1) is 12.6 Å². The molecule has 0 saturated carbocycles. The van der Waals surface area contributed by atoms with Crippen molar-refractivity contribution in [3.05, 3.63) is 95.1 Å². The molecule has 0 fully saturated rings. The van der Waals surface area contributed by atoms with Crippen LogP contribution in [0.2, 0.25) is 0 Å². The minimum absolute atomic E-state index is 0.0462. The molecular weight excluding hydrogens is 324 g/mol. The number of aryl methyl sites for hydroxylation is 1. The number of nitrogens with zero attached hydrogens (tertiary/aromatic N) is 1. The number of benzene rings is 2. The second-order valence-electron chi connectivity index (χ2n) is 6.72. The van der Waals surface area contributed by atoms with Crippen molar-refractivity contribution in [2.24, 2.45) is 0 Å². The number of amides is 1. The Morgan fingerprint density at radius 3 is 2.65 bits per heavy atom. The molecule has 4 heteroatoms. The number of H-pyrrole nitrogens is 1. The summed E-state index contributed by atoms with van der Waals surface area (Å²) in [5.41, 5.74) is 4.01. The van der Waals surface area contributed by atoms with Crippen LogP contribution >= 0.6 is 0 Å². The topological polar surface area (TPSA) is 49.2 Å². The van der Waals surface area contributed by atoms with Crippen LogP contribution < -0.4 is 0 Å². The first kappa shape index (κ1) is 15.0. The van der Waals surface area contributed by atoms with Gasteiger partial charge in [-0.05, 0) is 36.8 Å². The zero-order valence-corrected chi connectivity index (χ0v) is 14.4. The van der Waals surface area contributed by atoms with E-state index >= 15 is 0 Å². The number of aromatic nitrogens is 1. The maximum absolute atomic E-state index is 13.1. The van der Waals surface area contributed by atoms with E-state index in [-0.39, 0.29) is 11.9 Å². The summed E-state index contributed by atoms with van der Waals surface area (Å²) in [6.07, 6.45) is 2.02. The van der Waals surface area contributed by atoms with Gasteiger partial charge in [0.15, 0.2) is 0 Å². The fraction of sp³-hybridized carbons (Fsp3) is 0.136. The number of hydrogen-bond acceptors (Lipinski definition) is 2. The highest BCUT2D eigenvalue weighted by atomic mass is 16.3. The number of aromatic amines is 1. The molecule has 0 spiro atoms. The lowest BCUT2D eigenvalue weighted by atomic mass is 9.97. The van der Waals surface area contributed by atoms with E-state index in [2.05, 4.69) is 17.1 Å². The van der Waals surface area contributed by atoms with E-state index in [1.807, 2.05) is 66.6 Å². The van der Waals surface area contributed by atoms with Gasteiger partial charge in [0.2, 0.25) is 0 Å². The highest BCUT2D eigenvalue weighted by Gasteiger charge is 2.38. The summed E-state index contributed by atoms with van der Waals surface area (Å²) in [5, 5.41) is 1.14. The first-order chi connectivity index (χ1) is 12.7. The van der Waals surface area contributed by atoms with Crippen molar-refractivity contribution >= 4 is 16.8 Å². The summed E-state index contributed by atoms with van der Waals surface area (Å²) >= 11 is 0. The molecule has 128 valence electrons. The zero-order valence-electron chi connectivity index (χ0n) is 14.4. The van der Waals surface area contributed by atoms with Gasteiger partial charge >= 0.3 is 0 Å². The van der Waals surface area contributed by atoms with Crippen molar-refractivity contribution in [2.75, 3.05) is 0 Å². The van der Waals surface area contributed by atoms with E-state index in [1.54, 1.807) is 0 Å². The van der Waals surface area contributed by atoms with E-state index in [1.165, 1.54) is 0 Å². The molecule has 1 aliphatic rings. The molecule has 2 aromatic carbocycles. The normalized spacial score (nSPS) is 16.4. The van der Waals surface area contributed by atoms with Crippen LogP contribution in [0.25, 0.3) is 10.9 Å². The number of hydrogen-bond donors (Lipinski definition) is 1. The van der Waals surface area contributed by atoms with Gasteiger partial charge in [-0.1, -0.05) is 36.4 Å². The molecular formula is C22H18N2O2. The Kier molecular flexibility index (Phi) is 3.25. The van der Waals surface area contributed by atoms with Crippen LogP contribution in [0, 0.1) is 6.92 Å². The van der Waals surface area contributed by atoms with Crippen LogP contribution in [-0.2, 0) is 6.54 Å². The Morgan fingerprint density at radius 2 is 1.81 bits per heavy atom. The quantitative estimate of drug-likeness (QED) is 0.580. The molecule has 1 atom stereocenters. The van der Waals surface area contributed by atoms with Crippen molar-refractivity contribution in [3.63, 3.8) is 0 Å². The molecule has 1 amide bonds. The summed E-state index contributed by atoms with van der Waals surface area (Å²) in [4.78, 5) is 18.4. The van der Waals surface area contributed by atoms with Crippen molar-refractivity contribution in [1.82, 2.24) is 9.88 Å². The fourth-order valence-corrected chi connectivity index (χ4v) is 3.93. The summed E-state index contributed by atoms with van der Waals surface area (Å²) in [5.74, 6) is 1.70. The van der Waals surface area contributed by atoms with E-state index in [0.717, 1.165) is 39.1 Å². The number of nitrogens with one attached hydrogen (secondary N) is 1. The average Bonchev–Trinajstić information content (AvgIpc) is 3.33. The lowest BCUT2D eigenvalue weighted by Gasteiger charge is -2.24. The maximum atomic E-state index is 13.1. The second kappa shape index (κ2) is 5.63. The minimum Gasteiger partial charge on any atom is -0.464 e. The van der Waals surface area contributed by atoms with Gasteiger partial charge in [-0.15, -0.1) is 0 Å². The molecule has 1 aliphatic heterocycles. The summed E-state index contributed by atoms with van der Waals surface area (Å²) in [6, 6.07) is 19.8. The van der Waals surface area contributed by atoms with Gasteiger partial charge in [-0.25, -0.2) is 0 Å². The zero-order chi connectivity index (χ0) is 17.7. The van der Waals surface area contributed by atoms with Gasteiger partial charge in [0.25, 0.3) is 5.91 Å². The van der Waals surface area contributed by atoms with Crippen LogP contribution in [-0.4, -0.2) is 15.8 Å². The van der Waals surface area contributed by atoms with Gasteiger partial charge < -0.3 is 14.3 Å². The SMILES string of the molecule is Cc1ccc(CN2C(=O)c3ccccc3[C@@H]2c2c[nH]c3ccccc23)o1. The Labute approximate surface area is 151 Å². The monoisotopic (exact) mass is 342 g/mol. The van der Waals surface area contributed by atoms with Crippen molar-refractivity contribution in [3.8, 4) is 0 Å². The molecule has 3 heterocycles. The summed E-state index contributed by atoms with van der Waals surface area (Å²) in [7, 11) is 0. The molecule has 0 aliphatic carbocycles. The first-order valence-electron chi connectivity index (χ1n) is 8.73. The third-order valence-corrected chi connectivity index (χ3v) is 5.10. The largest absolute Gasteiger partial charge is 0.464 e. The molecule has 2 aromatic heterocycles. The molecule has 26 heavy (non-hydrogen) atoms. The van der Waals surface area contributed by atoms with Crippen LogP contribution in [0.4, 0.5) is 0 Å². The third-order valence-electron chi connectivity index (χ3n) is 5.10. The Hall–Kier alpha value is -3.27. The van der Waals surface area contributed by atoms with E-state index in [0.29, 0.717) is 6.54 Å². The van der Waals surface area contributed by atoms with Crippen molar-refractivity contribution < 1.29 is 9.21 Å². The summed E-state index contributed by atoms with van der Waals surface area (Å²) < 4.78 is 5.74. The number of carbonyl (C=O) groups is 1. The van der Waals surface area contributed by atoms with Crippen LogP contribution in [0.15, 0.2) is 71.3 Å². The molecule has 1 N–H and O–H groups in total. The van der Waals surface area contributed by atoms with Gasteiger partial charge in [0, 0.05) is 28.2 Å². The molecule has 4 nitrogen and oxygen atoms in total. The lowest BCUT2D eigenvalue weighted by Crippen LogP contribution is -2.28. The average molecular weight is 342 g/mol. The minimum atomic E-state index is -0.125. The Bertz CT molecular complexity index is 1120. The standard InChI is InChI=1S/C22H18N2O2/c1-14-10-11-15(26-14)13-24-21(17-7-2-3-8-18(17)22(24)25)19-12-23-20-9-5-4-6-16(19)20/h2-12,21,23H,13H2,1H3/t21-/m1/s1. The fourth-order valence-electron chi connectivity index (χ4n) is 3.93. The lowest BCUT2D eigenvalue weighted by molar-refractivity contribution is 0.0723. The van der Waals surface area contributed by atoms with E-state index in [4.69, 9.17) is 4.42 Å². The maximum Gasteiger partial charge on any atom is 0.255 e. The molecule has 0 saturated heterocycles. The molecule has 0 unspecified atom stereocenters. The Balaban J connectivity index is 1.66. The van der Waals surface area contributed by atoms with E-state index < -0.39 is 0 Å². The summed E-state index contributed by atoms with van der Waals surface area (Å²) in [6.45, 7) is 2.37. The number of para-hydroxylation sites is 1. The van der Waals surface area contributed by atoms with Crippen LogP contribution in [0.5, 0.6) is 0 Å². The highest BCUT2D eigenvalue weighted by Crippen LogP contribution is 2.41. The third kappa shape index (κ3) is 2.19. The second-order valence-corrected chi connectivity index (χ2v) is 6.72. The highest BCUT2D eigenvalue weighted by molar-refractivity contribution is 6.00. The molecule has 0 radical (unpaired) electrons. The molecule has 5 rings (SSSR count). The predicted octanol–water partition coefficient (Wildman–Crippen LogP) is 4.81. The number of rotatable bonds is 3. The van der Waals surface area contributed by atoms with Gasteiger partial charge in [0.1, 0.15) is 11.5 Å².